The van der Waals surface area contributed by atoms with Crippen LogP contribution in [0.1, 0.15) is 50.7 Å². The Hall–Kier alpha value is -1.94. The van der Waals surface area contributed by atoms with Crippen molar-refractivity contribution in [3.63, 3.8) is 0 Å². The largest absolute Gasteiger partial charge is 0.133 e. The van der Waals surface area contributed by atoms with Crippen LogP contribution in [0.2, 0.25) is 0 Å². The highest BCUT2D eigenvalue weighted by Crippen LogP contribution is 2.48. The van der Waals surface area contributed by atoms with Gasteiger partial charge in [0.15, 0.2) is 0 Å². The van der Waals surface area contributed by atoms with E-state index in [4.69, 9.17) is 0 Å². The van der Waals surface area contributed by atoms with Crippen molar-refractivity contribution >= 4 is 52.8 Å². The molecule has 0 aliphatic heterocycles. The molecule has 0 saturated heterocycles. The van der Waals surface area contributed by atoms with E-state index >= 15 is 0 Å². The average molecular weight is 461 g/mol. The van der Waals surface area contributed by atoms with Gasteiger partial charge in [0.2, 0.25) is 0 Å². The normalized spacial score (nSPS) is 11.7. The minimum atomic E-state index is 1.19. The molecule has 158 valence electrons. The molecule has 0 nitrogen and oxygen atoms in total. The topological polar surface area (TPSA) is 0 Å². The summed E-state index contributed by atoms with van der Waals surface area (Å²) in [5.41, 5.74) is 5.60. The number of aryl methyl sites for hydroxylation is 2. The van der Waals surface area contributed by atoms with Crippen LogP contribution >= 0.6 is 34.0 Å². The van der Waals surface area contributed by atoms with E-state index in [1.54, 1.807) is 0 Å². The first-order valence-corrected chi connectivity index (χ1v) is 13.8. The second-order valence-electron chi connectivity index (χ2n) is 8.31. The van der Waals surface area contributed by atoms with Crippen molar-refractivity contribution in [1.82, 2.24) is 0 Å². The van der Waals surface area contributed by atoms with Crippen LogP contribution in [-0.2, 0) is 12.8 Å². The molecule has 0 N–H and O–H groups in total. The number of fused-ring (bicyclic) bond motifs is 3. The van der Waals surface area contributed by atoms with Crippen LogP contribution in [0.3, 0.4) is 0 Å². The van der Waals surface area contributed by atoms with Crippen molar-refractivity contribution in [2.45, 2.75) is 52.4 Å². The summed E-state index contributed by atoms with van der Waals surface area (Å²) in [4.78, 5) is 2.78. The highest BCUT2D eigenvalue weighted by atomic mass is 32.1. The number of benzene rings is 2. The SMILES string of the molecule is CCCCc1ccc(-c2cc3sc4cc(-c5ccc(CCCC)cc5)sc4c3s2)cc1. The number of rotatable bonds is 8. The van der Waals surface area contributed by atoms with Gasteiger partial charge in [-0.05, 0) is 60.1 Å². The van der Waals surface area contributed by atoms with Gasteiger partial charge >= 0.3 is 0 Å². The van der Waals surface area contributed by atoms with Gasteiger partial charge in [-0.1, -0.05) is 75.2 Å². The molecule has 2 aromatic carbocycles. The zero-order chi connectivity index (χ0) is 21.2. The van der Waals surface area contributed by atoms with Crippen LogP contribution in [0.4, 0.5) is 0 Å². The highest BCUT2D eigenvalue weighted by Gasteiger charge is 2.15. The molecule has 5 aromatic rings. The Morgan fingerprint density at radius 2 is 0.968 bits per heavy atom. The van der Waals surface area contributed by atoms with E-state index < -0.39 is 0 Å². The molecular formula is C28H28S3. The third kappa shape index (κ3) is 4.37. The molecule has 3 heterocycles. The Bertz CT molecular complexity index is 1180. The van der Waals surface area contributed by atoms with Crippen molar-refractivity contribution in [2.75, 3.05) is 0 Å². The molecule has 3 aromatic heterocycles. The predicted molar refractivity (Wildman–Crippen MR) is 143 cm³/mol. The molecular weight excluding hydrogens is 433 g/mol. The summed E-state index contributed by atoms with van der Waals surface area (Å²) in [6, 6.07) is 23.2. The van der Waals surface area contributed by atoms with Crippen molar-refractivity contribution in [3.05, 3.63) is 71.8 Å². The lowest BCUT2D eigenvalue weighted by Gasteiger charge is -2.02. The molecule has 0 fully saturated rings. The van der Waals surface area contributed by atoms with Gasteiger partial charge in [-0.3, -0.25) is 0 Å². The number of unbranched alkanes of at least 4 members (excludes halogenated alkanes) is 2. The van der Waals surface area contributed by atoms with E-state index in [2.05, 4.69) is 74.5 Å². The molecule has 0 saturated carbocycles. The fourth-order valence-electron chi connectivity index (χ4n) is 4.05. The first-order chi connectivity index (χ1) is 15.2. The summed E-state index contributed by atoms with van der Waals surface area (Å²) in [7, 11) is 0. The second kappa shape index (κ2) is 9.28. The zero-order valence-corrected chi connectivity index (χ0v) is 20.7. The van der Waals surface area contributed by atoms with Crippen LogP contribution in [0.5, 0.6) is 0 Å². The quantitative estimate of drug-likeness (QED) is 0.216. The molecule has 0 amide bonds. The molecule has 0 spiro atoms. The maximum atomic E-state index is 2.39. The van der Waals surface area contributed by atoms with Crippen molar-refractivity contribution < 1.29 is 0 Å². The van der Waals surface area contributed by atoms with Crippen LogP contribution < -0.4 is 0 Å². The predicted octanol–water partition coefficient (Wildman–Crippen LogP) is 10.2. The van der Waals surface area contributed by atoms with E-state index in [0.29, 0.717) is 0 Å². The lowest BCUT2D eigenvalue weighted by Crippen LogP contribution is -1.83. The van der Waals surface area contributed by atoms with E-state index in [0.717, 1.165) is 0 Å². The van der Waals surface area contributed by atoms with Gasteiger partial charge in [-0.2, -0.15) is 0 Å². The lowest BCUT2D eigenvalue weighted by molar-refractivity contribution is 0.795. The standard InChI is InChI=1S/C28H28S3/c1-3-5-7-19-9-13-21(14-10-19)23-17-25-27(30-23)28-26(29-25)18-24(31-28)22-15-11-20(12-16-22)8-6-4-2/h9-18H,3-8H2,1-2H3. The third-order valence-corrected chi connectivity index (χ3v) is 9.81. The average Bonchev–Trinajstić information content (AvgIpc) is 3.48. The summed E-state index contributed by atoms with van der Waals surface area (Å²) in [5.74, 6) is 0. The minimum absolute atomic E-state index is 1.19. The zero-order valence-electron chi connectivity index (χ0n) is 18.2. The molecule has 0 radical (unpaired) electrons. The van der Waals surface area contributed by atoms with Crippen LogP contribution in [0.15, 0.2) is 60.7 Å². The van der Waals surface area contributed by atoms with Gasteiger partial charge in [-0.15, -0.1) is 34.0 Å². The van der Waals surface area contributed by atoms with Crippen LogP contribution in [0, 0.1) is 0 Å². The maximum Gasteiger partial charge on any atom is 0.0636 e. The molecule has 0 aliphatic carbocycles. The summed E-state index contributed by atoms with van der Waals surface area (Å²) in [5, 5.41) is 0. The molecule has 0 atom stereocenters. The van der Waals surface area contributed by atoms with Crippen molar-refractivity contribution in [3.8, 4) is 20.9 Å². The molecule has 31 heavy (non-hydrogen) atoms. The van der Waals surface area contributed by atoms with Crippen LogP contribution in [0.25, 0.3) is 39.7 Å². The number of hydrogen-bond donors (Lipinski definition) is 0. The monoisotopic (exact) mass is 460 g/mol. The van der Waals surface area contributed by atoms with Gasteiger partial charge in [-0.25, -0.2) is 0 Å². The first kappa shape index (κ1) is 20.9. The van der Waals surface area contributed by atoms with Gasteiger partial charge < -0.3 is 0 Å². The molecule has 3 heteroatoms. The highest BCUT2D eigenvalue weighted by molar-refractivity contribution is 7.40. The van der Waals surface area contributed by atoms with Gasteiger partial charge in [0.05, 0.1) is 9.40 Å². The summed E-state index contributed by atoms with van der Waals surface area (Å²) < 4.78 is 5.78. The summed E-state index contributed by atoms with van der Waals surface area (Å²) >= 11 is 5.84. The van der Waals surface area contributed by atoms with Crippen LogP contribution in [-0.4, -0.2) is 0 Å². The van der Waals surface area contributed by atoms with Gasteiger partial charge in [0, 0.05) is 19.2 Å². The fraction of sp³-hybridized carbons (Fsp3) is 0.286. The number of hydrogen-bond acceptors (Lipinski definition) is 3. The van der Waals surface area contributed by atoms with E-state index in [1.165, 1.54) is 89.3 Å². The van der Waals surface area contributed by atoms with Gasteiger partial charge in [0.25, 0.3) is 0 Å². The Morgan fingerprint density at radius 1 is 0.548 bits per heavy atom. The smallest absolute Gasteiger partial charge is 0.0636 e. The fourth-order valence-corrected chi connectivity index (χ4v) is 8.09. The first-order valence-electron chi connectivity index (χ1n) is 11.4. The summed E-state index contributed by atoms with van der Waals surface area (Å²) in [6.07, 6.45) is 7.43. The van der Waals surface area contributed by atoms with Gasteiger partial charge in [0.1, 0.15) is 0 Å². The molecule has 0 bridgehead atoms. The molecule has 5 rings (SSSR count). The summed E-state index contributed by atoms with van der Waals surface area (Å²) in [6.45, 7) is 4.51. The number of thiophene rings is 3. The van der Waals surface area contributed by atoms with Crippen molar-refractivity contribution in [1.29, 1.82) is 0 Å². The Kier molecular flexibility index (Phi) is 6.27. The molecule has 0 unspecified atom stereocenters. The van der Waals surface area contributed by atoms with E-state index in [9.17, 15) is 0 Å². The third-order valence-electron chi connectivity index (χ3n) is 5.94. The van der Waals surface area contributed by atoms with E-state index in [1.807, 2.05) is 34.0 Å². The second-order valence-corrected chi connectivity index (χ2v) is 11.5. The Balaban J connectivity index is 1.42. The Morgan fingerprint density at radius 3 is 1.35 bits per heavy atom. The van der Waals surface area contributed by atoms with E-state index in [-0.39, 0.29) is 0 Å². The lowest BCUT2D eigenvalue weighted by atomic mass is 10.1. The maximum absolute atomic E-state index is 2.39. The molecule has 0 aliphatic rings. The minimum Gasteiger partial charge on any atom is -0.133 e. The van der Waals surface area contributed by atoms with Crippen molar-refractivity contribution in [2.24, 2.45) is 0 Å². The Labute approximate surface area is 197 Å².